The number of halogens is 3. The average molecular weight is 445 g/mol. The lowest BCUT2D eigenvalue weighted by molar-refractivity contribution is -0.155. The highest BCUT2D eigenvalue weighted by Gasteiger charge is 2.20. The Balaban J connectivity index is 1.78. The molecule has 0 radical (unpaired) electrons. The first-order valence-corrected chi connectivity index (χ1v) is 9.53. The third kappa shape index (κ3) is 5.92. The number of aromatic nitrogens is 1. The summed E-state index contributed by atoms with van der Waals surface area (Å²) in [6.07, 6.45) is -1.36. The average Bonchev–Trinajstić information content (AvgIpc) is 3.02. The number of nitrogens with zero attached hydrogens (tertiary/aromatic N) is 1. The summed E-state index contributed by atoms with van der Waals surface area (Å²) in [5.41, 5.74) is 0.110. The molecule has 0 fully saturated rings. The van der Waals surface area contributed by atoms with Crippen LogP contribution in [0.2, 0.25) is 0 Å². The van der Waals surface area contributed by atoms with E-state index in [1.165, 1.54) is 11.5 Å². The van der Waals surface area contributed by atoms with Crippen LogP contribution < -0.4 is 15.5 Å². The second-order valence-electron chi connectivity index (χ2n) is 6.17. The molecule has 0 saturated heterocycles. The van der Waals surface area contributed by atoms with E-state index in [4.69, 9.17) is 4.74 Å². The molecule has 30 heavy (non-hydrogen) atoms. The number of hydrogen-bond donors (Lipinski definition) is 2. The Hall–Kier alpha value is -3.15. The third-order valence-corrected chi connectivity index (χ3v) is 4.81. The molecule has 0 unspecified atom stereocenters. The Labute approximate surface area is 172 Å². The molecule has 162 valence electrons. The molecule has 0 spiro atoms. The van der Waals surface area contributed by atoms with Crippen molar-refractivity contribution in [1.29, 1.82) is 0 Å². The second kappa shape index (κ2) is 10.1. The lowest BCUT2D eigenvalue weighted by Gasteiger charge is -2.14. The van der Waals surface area contributed by atoms with Gasteiger partial charge in [0.2, 0.25) is 5.91 Å². The summed E-state index contributed by atoms with van der Waals surface area (Å²) in [5.74, 6) is -7.14. The Kier molecular flexibility index (Phi) is 7.75. The van der Waals surface area contributed by atoms with Crippen LogP contribution in [-0.4, -0.2) is 35.0 Å². The zero-order valence-corrected chi connectivity index (χ0v) is 16.8. The van der Waals surface area contributed by atoms with Gasteiger partial charge in [0.05, 0.1) is 18.7 Å². The normalized spacial score (nSPS) is 11.6. The van der Waals surface area contributed by atoms with E-state index < -0.39 is 53.6 Å². The van der Waals surface area contributed by atoms with Crippen LogP contribution in [0.15, 0.2) is 22.3 Å². The number of carbonyl (C=O) groups excluding carboxylic acids is 3. The number of benzene rings is 1. The van der Waals surface area contributed by atoms with Gasteiger partial charge in [0, 0.05) is 17.6 Å². The van der Waals surface area contributed by atoms with Gasteiger partial charge in [-0.3, -0.25) is 19.2 Å². The monoisotopic (exact) mass is 445 g/mol. The van der Waals surface area contributed by atoms with Gasteiger partial charge in [-0.25, -0.2) is 13.2 Å². The summed E-state index contributed by atoms with van der Waals surface area (Å²) >= 11 is 1.00. The van der Waals surface area contributed by atoms with Crippen molar-refractivity contribution in [3.63, 3.8) is 0 Å². The molecule has 2 rings (SSSR count). The number of rotatable bonds is 8. The van der Waals surface area contributed by atoms with Gasteiger partial charge >= 0.3 is 10.8 Å². The highest BCUT2D eigenvalue weighted by atomic mass is 32.1. The number of nitrogens with one attached hydrogen (secondary N) is 2. The zero-order chi connectivity index (χ0) is 22.4. The summed E-state index contributed by atoms with van der Waals surface area (Å²) < 4.78 is 45.9. The van der Waals surface area contributed by atoms with E-state index in [1.807, 2.05) is 5.32 Å². The largest absolute Gasteiger partial charge is 0.452 e. The van der Waals surface area contributed by atoms with Crippen molar-refractivity contribution in [3.05, 3.63) is 50.3 Å². The van der Waals surface area contributed by atoms with Crippen LogP contribution in [0.3, 0.4) is 0 Å². The van der Waals surface area contributed by atoms with E-state index in [1.54, 1.807) is 12.3 Å². The molecular weight excluding hydrogens is 427 g/mol. The molecule has 1 atom stereocenters. The fraction of sp³-hybridized carbons (Fsp3) is 0.333. The summed E-state index contributed by atoms with van der Waals surface area (Å²) in [4.78, 5) is 46.9. The predicted octanol–water partition coefficient (Wildman–Crippen LogP) is 1.71. The van der Waals surface area contributed by atoms with E-state index in [2.05, 4.69) is 5.32 Å². The van der Waals surface area contributed by atoms with Crippen LogP contribution in [-0.2, 0) is 25.7 Å². The van der Waals surface area contributed by atoms with Crippen molar-refractivity contribution < 1.29 is 32.3 Å². The lowest BCUT2D eigenvalue weighted by atomic mass is 10.2. The summed E-state index contributed by atoms with van der Waals surface area (Å²) in [7, 11) is 0. The zero-order valence-electron chi connectivity index (χ0n) is 16.0. The Morgan fingerprint density at radius 1 is 1.20 bits per heavy atom. The molecule has 1 heterocycles. The Bertz CT molecular complexity index is 1020. The van der Waals surface area contributed by atoms with Crippen molar-refractivity contribution >= 4 is 34.8 Å². The van der Waals surface area contributed by atoms with Gasteiger partial charge in [-0.15, -0.1) is 0 Å². The fourth-order valence-electron chi connectivity index (χ4n) is 2.32. The number of hydrogen-bond acceptors (Lipinski definition) is 6. The standard InChI is InChI=1S/C18H18F3N3O5S/c1-9-8-30-18(28)24(9)6-5-14(26)29-10(2)17(27)22-7-13(25)23-12-4-3-11(19)15(20)16(12)21/h3-4,8,10H,5-7H2,1-2H3,(H,22,27)(H,23,25)/t10-/m1/s1. The number of carbonyl (C=O) groups is 3. The topological polar surface area (TPSA) is 106 Å². The van der Waals surface area contributed by atoms with Crippen molar-refractivity contribution in [2.75, 3.05) is 11.9 Å². The van der Waals surface area contributed by atoms with Gasteiger partial charge in [0.15, 0.2) is 23.6 Å². The number of aryl methyl sites for hydroxylation is 1. The molecule has 0 aliphatic heterocycles. The SMILES string of the molecule is Cc1csc(=O)n1CCC(=O)O[C@H](C)C(=O)NCC(=O)Nc1ccc(F)c(F)c1F. The molecular formula is C18H18F3N3O5S. The maximum Gasteiger partial charge on any atom is 0.308 e. The first-order chi connectivity index (χ1) is 14.1. The van der Waals surface area contributed by atoms with E-state index in [0.717, 1.165) is 17.4 Å². The molecule has 12 heteroatoms. The maximum absolute atomic E-state index is 13.5. The van der Waals surface area contributed by atoms with Gasteiger partial charge in [-0.05, 0) is 26.0 Å². The van der Waals surface area contributed by atoms with Crippen molar-refractivity contribution in [2.45, 2.75) is 32.9 Å². The second-order valence-corrected chi connectivity index (χ2v) is 6.99. The van der Waals surface area contributed by atoms with Crippen LogP contribution in [0.1, 0.15) is 19.0 Å². The lowest BCUT2D eigenvalue weighted by Crippen LogP contribution is -2.40. The molecule has 0 aliphatic carbocycles. The smallest absolute Gasteiger partial charge is 0.308 e. The van der Waals surface area contributed by atoms with Gasteiger partial charge < -0.3 is 19.9 Å². The molecule has 2 N–H and O–H groups in total. The summed E-state index contributed by atoms with van der Waals surface area (Å²) in [5, 5.41) is 5.81. The van der Waals surface area contributed by atoms with Crippen molar-refractivity contribution in [1.82, 2.24) is 9.88 Å². The highest BCUT2D eigenvalue weighted by Crippen LogP contribution is 2.19. The van der Waals surface area contributed by atoms with Crippen LogP contribution >= 0.6 is 11.3 Å². The number of esters is 1. The Morgan fingerprint density at radius 2 is 1.90 bits per heavy atom. The Morgan fingerprint density at radius 3 is 2.53 bits per heavy atom. The molecule has 1 aromatic carbocycles. The quantitative estimate of drug-likeness (QED) is 0.475. The molecule has 8 nitrogen and oxygen atoms in total. The molecule has 1 aromatic heterocycles. The van der Waals surface area contributed by atoms with Crippen LogP contribution in [0.4, 0.5) is 18.9 Å². The van der Waals surface area contributed by atoms with Gasteiger partial charge in [-0.2, -0.15) is 0 Å². The summed E-state index contributed by atoms with van der Waals surface area (Å²) in [6, 6.07) is 1.47. The van der Waals surface area contributed by atoms with Crippen LogP contribution in [0, 0.1) is 24.4 Å². The van der Waals surface area contributed by atoms with E-state index >= 15 is 0 Å². The number of thiazole rings is 1. The maximum atomic E-state index is 13.5. The first-order valence-electron chi connectivity index (χ1n) is 8.65. The molecule has 0 saturated carbocycles. The van der Waals surface area contributed by atoms with Crippen LogP contribution in [0.25, 0.3) is 0 Å². The van der Waals surface area contributed by atoms with Gasteiger partial charge in [-0.1, -0.05) is 11.3 Å². The van der Waals surface area contributed by atoms with Crippen molar-refractivity contribution in [3.8, 4) is 0 Å². The molecule has 2 aromatic rings. The minimum atomic E-state index is -1.74. The number of anilines is 1. The van der Waals surface area contributed by atoms with Crippen molar-refractivity contribution in [2.24, 2.45) is 0 Å². The molecule has 0 aliphatic rings. The van der Waals surface area contributed by atoms with Gasteiger partial charge in [0.1, 0.15) is 0 Å². The minimum Gasteiger partial charge on any atom is -0.452 e. The number of amides is 2. The van der Waals surface area contributed by atoms with E-state index in [-0.39, 0.29) is 17.8 Å². The third-order valence-electron chi connectivity index (χ3n) is 3.93. The summed E-state index contributed by atoms with van der Waals surface area (Å²) in [6.45, 7) is 2.48. The number of ether oxygens (including phenoxy) is 1. The molecule has 2 amide bonds. The predicted molar refractivity (Wildman–Crippen MR) is 101 cm³/mol. The van der Waals surface area contributed by atoms with E-state index in [9.17, 15) is 32.3 Å². The first kappa shape index (κ1) is 23.1. The minimum absolute atomic E-state index is 0.101. The highest BCUT2D eigenvalue weighted by molar-refractivity contribution is 7.07. The van der Waals surface area contributed by atoms with Crippen LogP contribution in [0.5, 0.6) is 0 Å². The van der Waals surface area contributed by atoms with E-state index in [0.29, 0.717) is 11.8 Å². The van der Waals surface area contributed by atoms with Gasteiger partial charge in [0.25, 0.3) is 5.91 Å². The molecule has 0 bridgehead atoms. The fourth-order valence-corrected chi connectivity index (χ4v) is 3.08.